The Bertz CT molecular complexity index is 567. The van der Waals surface area contributed by atoms with Gasteiger partial charge in [-0.2, -0.15) is 15.0 Å². The molecule has 18 heavy (non-hydrogen) atoms. The van der Waals surface area contributed by atoms with Crippen LogP contribution in [-0.2, 0) is 0 Å². The molecule has 1 aromatic carbocycles. The molecule has 6 nitrogen and oxygen atoms in total. The van der Waals surface area contributed by atoms with Gasteiger partial charge in [0.25, 0.3) is 5.91 Å². The van der Waals surface area contributed by atoms with Crippen LogP contribution in [0.4, 0.5) is 11.6 Å². The molecule has 0 unspecified atom stereocenters. The van der Waals surface area contributed by atoms with Gasteiger partial charge in [-0.05, 0) is 47.5 Å². The number of halogens is 2. The van der Waals surface area contributed by atoms with E-state index in [1.165, 1.54) is 0 Å². The zero-order valence-electron chi connectivity index (χ0n) is 8.89. The van der Waals surface area contributed by atoms with Crippen molar-refractivity contribution in [1.29, 1.82) is 0 Å². The van der Waals surface area contributed by atoms with Crippen LogP contribution in [0.2, 0.25) is 10.6 Å². The van der Waals surface area contributed by atoms with Gasteiger partial charge in [-0.3, -0.25) is 10.1 Å². The number of nitrogens with two attached hydrogens (primary N) is 1. The molecule has 0 aliphatic rings. The first-order valence-corrected chi connectivity index (χ1v) is 5.54. The van der Waals surface area contributed by atoms with E-state index >= 15 is 0 Å². The molecule has 3 N–H and O–H groups in total. The maximum absolute atomic E-state index is 11.8. The minimum Gasteiger partial charge on any atom is -0.399 e. The van der Waals surface area contributed by atoms with Gasteiger partial charge < -0.3 is 5.73 Å². The van der Waals surface area contributed by atoms with Crippen molar-refractivity contribution in [3.8, 4) is 0 Å². The van der Waals surface area contributed by atoms with Gasteiger partial charge in [-0.1, -0.05) is 0 Å². The number of nitrogens with zero attached hydrogens (tertiary/aromatic N) is 3. The van der Waals surface area contributed by atoms with E-state index < -0.39 is 5.91 Å². The SMILES string of the molecule is Nc1ccc(C(=O)Nc2nc(Cl)nc(Cl)n2)cc1. The fourth-order valence-electron chi connectivity index (χ4n) is 1.19. The van der Waals surface area contributed by atoms with Crippen molar-refractivity contribution in [2.24, 2.45) is 0 Å². The number of amides is 1. The van der Waals surface area contributed by atoms with Crippen molar-refractivity contribution >= 4 is 40.7 Å². The zero-order chi connectivity index (χ0) is 13.1. The molecule has 8 heteroatoms. The quantitative estimate of drug-likeness (QED) is 0.823. The van der Waals surface area contributed by atoms with Crippen LogP contribution in [0.5, 0.6) is 0 Å². The molecule has 2 aromatic rings. The number of aromatic nitrogens is 3. The number of carbonyl (C=O) groups is 1. The summed E-state index contributed by atoms with van der Waals surface area (Å²) in [6, 6.07) is 6.38. The van der Waals surface area contributed by atoms with E-state index in [1.54, 1.807) is 24.3 Å². The van der Waals surface area contributed by atoms with E-state index in [-0.39, 0.29) is 16.5 Å². The smallest absolute Gasteiger partial charge is 0.258 e. The van der Waals surface area contributed by atoms with Crippen molar-refractivity contribution in [3.63, 3.8) is 0 Å². The van der Waals surface area contributed by atoms with Crippen LogP contribution in [0.15, 0.2) is 24.3 Å². The first-order valence-electron chi connectivity index (χ1n) is 4.78. The van der Waals surface area contributed by atoms with E-state index in [1.807, 2.05) is 0 Å². The van der Waals surface area contributed by atoms with E-state index in [0.29, 0.717) is 11.3 Å². The van der Waals surface area contributed by atoms with Crippen molar-refractivity contribution < 1.29 is 4.79 Å². The molecule has 1 heterocycles. The van der Waals surface area contributed by atoms with Crippen molar-refractivity contribution in [2.75, 3.05) is 11.1 Å². The third kappa shape index (κ3) is 3.06. The number of carbonyl (C=O) groups excluding carboxylic acids is 1. The van der Waals surface area contributed by atoms with Gasteiger partial charge in [0.2, 0.25) is 16.5 Å². The summed E-state index contributed by atoms with van der Waals surface area (Å²) in [7, 11) is 0. The Kier molecular flexibility index (Phi) is 3.59. The monoisotopic (exact) mass is 283 g/mol. The predicted octanol–water partition coefficient (Wildman–Crippen LogP) is 2.01. The second-order valence-corrected chi connectivity index (χ2v) is 3.95. The number of benzene rings is 1. The third-order valence-corrected chi connectivity index (χ3v) is 2.32. The molecule has 0 fully saturated rings. The zero-order valence-corrected chi connectivity index (χ0v) is 10.4. The summed E-state index contributed by atoms with van der Waals surface area (Å²) in [5, 5.41) is 2.26. The van der Waals surface area contributed by atoms with Gasteiger partial charge >= 0.3 is 0 Å². The van der Waals surface area contributed by atoms with Gasteiger partial charge in [0.15, 0.2) is 0 Å². The van der Waals surface area contributed by atoms with E-state index in [2.05, 4.69) is 20.3 Å². The Labute approximate surface area is 112 Å². The summed E-state index contributed by atoms with van der Waals surface area (Å²) in [4.78, 5) is 22.8. The van der Waals surface area contributed by atoms with Gasteiger partial charge in [-0.15, -0.1) is 0 Å². The molecular formula is C10H7Cl2N5O. The average molecular weight is 284 g/mol. The fourth-order valence-corrected chi connectivity index (χ4v) is 1.55. The average Bonchev–Trinajstić information content (AvgIpc) is 2.28. The largest absolute Gasteiger partial charge is 0.399 e. The highest BCUT2D eigenvalue weighted by Gasteiger charge is 2.09. The predicted molar refractivity (Wildman–Crippen MR) is 68.7 cm³/mol. The fraction of sp³-hybridized carbons (Fsp3) is 0. The number of nitrogen functional groups attached to an aromatic ring is 1. The Morgan fingerprint density at radius 2 is 1.61 bits per heavy atom. The summed E-state index contributed by atoms with van der Waals surface area (Å²) in [5.74, 6) is -0.407. The first kappa shape index (κ1) is 12.5. The highest BCUT2D eigenvalue weighted by atomic mass is 35.5. The molecule has 0 aliphatic carbocycles. The molecule has 0 bridgehead atoms. The Hall–Kier alpha value is -1.92. The number of nitrogens with one attached hydrogen (secondary N) is 1. The maximum Gasteiger partial charge on any atom is 0.258 e. The minimum absolute atomic E-state index is 0.0122. The normalized spacial score (nSPS) is 10.1. The molecule has 0 saturated carbocycles. The van der Waals surface area contributed by atoms with Crippen LogP contribution in [0.1, 0.15) is 10.4 Å². The molecular weight excluding hydrogens is 277 g/mol. The first-order chi connectivity index (χ1) is 8.54. The van der Waals surface area contributed by atoms with Crippen LogP contribution < -0.4 is 11.1 Å². The van der Waals surface area contributed by atoms with E-state index in [0.717, 1.165) is 0 Å². The summed E-state index contributed by atoms with van der Waals surface area (Å²) in [5.41, 5.74) is 6.50. The minimum atomic E-state index is -0.395. The highest BCUT2D eigenvalue weighted by molar-refractivity contribution is 6.31. The van der Waals surface area contributed by atoms with Crippen LogP contribution in [0, 0.1) is 0 Å². The summed E-state index contributed by atoms with van der Waals surface area (Å²) in [6.45, 7) is 0. The Morgan fingerprint density at radius 3 is 2.17 bits per heavy atom. The number of anilines is 2. The van der Waals surface area contributed by atoms with E-state index in [4.69, 9.17) is 28.9 Å². The molecule has 0 atom stereocenters. The molecule has 0 saturated heterocycles. The Balaban J connectivity index is 2.18. The summed E-state index contributed by atoms with van der Waals surface area (Å²) >= 11 is 11.2. The molecule has 0 radical (unpaired) electrons. The van der Waals surface area contributed by atoms with Crippen molar-refractivity contribution in [2.45, 2.75) is 0 Å². The van der Waals surface area contributed by atoms with Gasteiger partial charge in [0.1, 0.15) is 0 Å². The number of hydrogen-bond acceptors (Lipinski definition) is 5. The topological polar surface area (TPSA) is 93.8 Å². The number of rotatable bonds is 2. The molecule has 0 spiro atoms. The molecule has 92 valence electrons. The molecule has 1 aromatic heterocycles. The molecule has 2 rings (SSSR count). The lowest BCUT2D eigenvalue weighted by Crippen LogP contribution is -2.14. The maximum atomic E-state index is 11.8. The lowest BCUT2D eigenvalue weighted by molar-refractivity contribution is 0.102. The number of hydrogen-bond donors (Lipinski definition) is 2. The van der Waals surface area contributed by atoms with Gasteiger partial charge in [-0.25, -0.2) is 0 Å². The summed E-state index contributed by atoms with van der Waals surface area (Å²) in [6.07, 6.45) is 0. The third-order valence-electron chi connectivity index (χ3n) is 1.98. The van der Waals surface area contributed by atoms with Crippen molar-refractivity contribution in [3.05, 3.63) is 40.4 Å². The highest BCUT2D eigenvalue weighted by Crippen LogP contribution is 2.11. The van der Waals surface area contributed by atoms with Gasteiger partial charge in [0, 0.05) is 11.3 Å². The van der Waals surface area contributed by atoms with Crippen LogP contribution in [0.25, 0.3) is 0 Å². The second-order valence-electron chi connectivity index (χ2n) is 3.27. The second kappa shape index (κ2) is 5.16. The van der Waals surface area contributed by atoms with Crippen LogP contribution >= 0.6 is 23.2 Å². The summed E-state index contributed by atoms with van der Waals surface area (Å²) < 4.78 is 0. The van der Waals surface area contributed by atoms with E-state index in [9.17, 15) is 4.79 Å². The van der Waals surface area contributed by atoms with Crippen molar-refractivity contribution in [1.82, 2.24) is 15.0 Å². The standard InChI is InChI=1S/C10H7Cl2N5O/c11-8-15-9(12)17-10(16-8)14-7(18)5-1-3-6(13)4-2-5/h1-4H,13H2,(H,14,15,16,17,18). The van der Waals surface area contributed by atoms with Gasteiger partial charge in [0.05, 0.1) is 0 Å². The lowest BCUT2D eigenvalue weighted by Gasteiger charge is -2.04. The Morgan fingerprint density at radius 1 is 1.06 bits per heavy atom. The molecule has 0 aliphatic heterocycles. The van der Waals surface area contributed by atoms with Crippen LogP contribution in [0.3, 0.4) is 0 Å². The lowest BCUT2D eigenvalue weighted by atomic mass is 10.2. The molecule has 1 amide bonds. The van der Waals surface area contributed by atoms with Crippen LogP contribution in [-0.4, -0.2) is 20.9 Å².